The fraction of sp³-hybridized carbons (Fsp3) is 0.700. The highest BCUT2D eigenvalue weighted by Gasteiger charge is 2.19. The van der Waals surface area contributed by atoms with Gasteiger partial charge in [0, 0.05) is 12.3 Å². The number of nitrogens with one attached hydrogen (secondary N) is 2. The zero-order chi connectivity index (χ0) is 11.7. The molecule has 0 aromatic carbocycles. The molecule has 86 valence electrons. The summed E-state index contributed by atoms with van der Waals surface area (Å²) in [6, 6.07) is 0. The normalized spacial score (nSPS) is 14.0. The molecule has 3 N–H and O–H groups in total. The van der Waals surface area contributed by atoms with E-state index in [1.807, 2.05) is 6.26 Å². The molecule has 15 heavy (non-hydrogen) atoms. The third kappa shape index (κ3) is 8.30. The van der Waals surface area contributed by atoms with Gasteiger partial charge in [-0.1, -0.05) is 5.92 Å². The summed E-state index contributed by atoms with van der Waals surface area (Å²) in [6.45, 7) is 2.50. The Kier molecular flexibility index (Phi) is 7.22. The first kappa shape index (κ1) is 14.3. The molecule has 0 rings (SSSR count). The lowest BCUT2D eigenvalue weighted by atomic mass is 10.1. The lowest BCUT2D eigenvalue weighted by Crippen LogP contribution is -2.45. The van der Waals surface area contributed by atoms with Gasteiger partial charge in [0.05, 0.1) is 18.7 Å². The number of thioether (sulfide) groups is 1. The van der Waals surface area contributed by atoms with E-state index in [0.717, 1.165) is 0 Å². The smallest absolute Gasteiger partial charge is 0.234 e. The van der Waals surface area contributed by atoms with Gasteiger partial charge >= 0.3 is 0 Å². The highest BCUT2D eigenvalue weighted by atomic mass is 32.2. The average Bonchev–Trinajstić information content (AvgIpc) is 2.15. The van der Waals surface area contributed by atoms with Gasteiger partial charge < -0.3 is 10.4 Å². The maximum atomic E-state index is 11.2. The van der Waals surface area contributed by atoms with Crippen LogP contribution in [0.3, 0.4) is 0 Å². The van der Waals surface area contributed by atoms with Crippen molar-refractivity contribution in [2.75, 3.05) is 31.6 Å². The monoisotopic (exact) mass is 230 g/mol. The number of carbonyl (C=O) groups excluding carboxylic acids is 1. The van der Waals surface area contributed by atoms with Crippen LogP contribution in [0, 0.1) is 12.3 Å². The zero-order valence-corrected chi connectivity index (χ0v) is 9.99. The third-order valence-electron chi connectivity index (χ3n) is 1.63. The molecule has 1 atom stereocenters. The number of aliphatic hydroxyl groups is 1. The summed E-state index contributed by atoms with van der Waals surface area (Å²) < 4.78 is 0. The predicted molar refractivity (Wildman–Crippen MR) is 63.7 cm³/mol. The molecular weight excluding hydrogens is 212 g/mol. The quantitative estimate of drug-likeness (QED) is 0.405. The van der Waals surface area contributed by atoms with E-state index in [9.17, 15) is 9.90 Å². The second-order valence-electron chi connectivity index (χ2n) is 3.51. The highest BCUT2D eigenvalue weighted by molar-refractivity contribution is 7.98. The summed E-state index contributed by atoms with van der Waals surface area (Å²) in [4.78, 5) is 11.2. The molecule has 0 aliphatic heterocycles. The standard InChI is InChI=1S/C10H18N2O2S/c1-4-5-11-6-9(13)12-7-10(2,14)8-15-3/h1,11,14H,5-8H2,2-3H3,(H,12,13). The maximum absolute atomic E-state index is 11.2. The summed E-state index contributed by atoms with van der Waals surface area (Å²) in [5.41, 5.74) is -0.860. The molecule has 0 radical (unpaired) electrons. The van der Waals surface area contributed by atoms with Crippen LogP contribution in [0.25, 0.3) is 0 Å². The number of hydrogen-bond donors (Lipinski definition) is 3. The van der Waals surface area contributed by atoms with Crippen molar-refractivity contribution >= 4 is 17.7 Å². The number of amides is 1. The van der Waals surface area contributed by atoms with Gasteiger partial charge in [0.25, 0.3) is 0 Å². The molecule has 1 amide bonds. The van der Waals surface area contributed by atoms with Crippen LogP contribution in [0.1, 0.15) is 6.92 Å². The van der Waals surface area contributed by atoms with Gasteiger partial charge in [0.15, 0.2) is 0 Å². The van der Waals surface area contributed by atoms with Crippen LogP contribution in [0.5, 0.6) is 0 Å². The van der Waals surface area contributed by atoms with E-state index < -0.39 is 5.60 Å². The topological polar surface area (TPSA) is 61.4 Å². The minimum Gasteiger partial charge on any atom is -0.387 e. The summed E-state index contributed by atoms with van der Waals surface area (Å²) >= 11 is 1.54. The Morgan fingerprint density at radius 3 is 2.87 bits per heavy atom. The van der Waals surface area contributed by atoms with Crippen LogP contribution >= 0.6 is 11.8 Å². The second-order valence-corrected chi connectivity index (χ2v) is 4.38. The Hall–Kier alpha value is -0.700. The van der Waals surface area contributed by atoms with Crippen LogP contribution < -0.4 is 10.6 Å². The number of terminal acetylenes is 1. The molecular formula is C10H18N2O2S. The molecule has 0 aliphatic carbocycles. The van der Waals surface area contributed by atoms with E-state index >= 15 is 0 Å². The predicted octanol–water partition coefficient (Wildman–Crippen LogP) is -0.561. The first-order valence-electron chi connectivity index (χ1n) is 4.64. The van der Waals surface area contributed by atoms with Crippen molar-refractivity contribution in [3.05, 3.63) is 0 Å². The number of rotatable bonds is 7. The van der Waals surface area contributed by atoms with Crippen molar-refractivity contribution in [1.29, 1.82) is 0 Å². The highest BCUT2D eigenvalue weighted by Crippen LogP contribution is 2.08. The van der Waals surface area contributed by atoms with Gasteiger partial charge in [-0.05, 0) is 13.2 Å². The van der Waals surface area contributed by atoms with Crippen LogP contribution in [0.4, 0.5) is 0 Å². The number of carbonyl (C=O) groups is 1. The van der Waals surface area contributed by atoms with E-state index in [2.05, 4.69) is 16.6 Å². The zero-order valence-electron chi connectivity index (χ0n) is 9.17. The summed E-state index contributed by atoms with van der Waals surface area (Å²) in [6.07, 6.45) is 6.92. The van der Waals surface area contributed by atoms with E-state index in [0.29, 0.717) is 12.3 Å². The van der Waals surface area contributed by atoms with E-state index in [1.54, 1.807) is 6.92 Å². The van der Waals surface area contributed by atoms with Gasteiger partial charge in [-0.3, -0.25) is 10.1 Å². The van der Waals surface area contributed by atoms with Crippen LogP contribution in [-0.4, -0.2) is 48.3 Å². The largest absolute Gasteiger partial charge is 0.387 e. The fourth-order valence-electron chi connectivity index (χ4n) is 0.962. The molecule has 0 saturated carbocycles. The maximum Gasteiger partial charge on any atom is 0.234 e. The Labute approximate surface area is 95.2 Å². The van der Waals surface area contributed by atoms with Gasteiger partial charge in [-0.25, -0.2) is 0 Å². The lowest BCUT2D eigenvalue weighted by Gasteiger charge is -2.22. The Morgan fingerprint density at radius 1 is 1.67 bits per heavy atom. The molecule has 1 unspecified atom stereocenters. The molecule has 0 saturated heterocycles. The van der Waals surface area contributed by atoms with Crippen LogP contribution in [0.2, 0.25) is 0 Å². The van der Waals surface area contributed by atoms with Crippen molar-refractivity contribution in [3.8, 4) is 12.3 Å². The molecule has 0 aromatic heterocycles. The molecule has 0 aromatic rings. The first-order valence-corrected chi connectivity index (χ1v) is 6.03. The van der Waals surface area contributed by atoms with Crippen molar-refractivity contribution in [3.63, 3.8) is 0 Å². The second kappa shape index (κ2) is 7.57. The first-order chi connectivity index (χ1) is 7.02. The Morgan fingerprint density at radius 2 is 2.33 bits per heavy atom. The molecule has 0 heterocycles. The minimum atomic E-state index is -0.860. The van der Waals surface area contributed by atoms with Crippen molar-refractivity contribution in [2.24, 2.45) is 0 Å². The van der Waals surface area contributed by atoms with Gasteiger partial charge in [-0.2, -0.15) is 11.8 Å². The molecule has 0 fully saturated rings. The van der Waals surface area contributed by atoms with E-state index in [1.165, 1.54) is 11.8 Å². The molecule has 4 nitrogen and oxygen atoms in total. The Balaban J connectivity index is 3.66. The van der Waals surface area contributed by atoms with Crippen LogP contribution in [0.15, 0.2) is 0 Å². The van der Waals surface area contributed by atoms with E-state index in [-0.39, 0.29) is 19.0 Å². The van der Waals surface area contributed by atoms with Crippen molar-refractivity contribution < 1.29 is 9.90 Å². The van der Waals surface area contributed by atoms with Crippen LogP contribution in [-0.2, 0) is 4.79 Å². The van der Waals surface area contributed by atoms with Gasteiger partial charge in [0.1, 0.15) is 0 Å². The molecule has 0 spiro atoms. The third-order valence-corrected chi connectivity index (χ3v) is 2.54. The van der Waals surface area contributed by atoms with E-state index in [4.69, 9.17) is 6.42 Å². The Bertz CT molecular complexity index is 236. The SMILES string of the molecule is C#CCNCC(=O)NCC(C)(O)CSC. The van der Waals surface area contributed by atoms with Gasteiger partial charge in [-0.15, -0.1) is 6.42 Å². The van der Waals surface area contributed by atoms with Crippen molar-refractivity contribution in [1.82, 2.24) is 10.6 Å². The summed E-state index contributed by atoms with van der Waals surface area (Å²) in [5, 5.41) is 15.1. The summed E-state index contributed by atoms with van der Waals surface area (Å²) in [5.74, 6) is 2.80. The van der Waals surface area contributed by atoms with Gasteiger partial charge in [0.2, 0.25) is 5.91 Å². The molecule has 5 heteroatoms. The fourth-order valence-corrected chi connectivity index (χ4v) is 1.69. The summed E-state index contributed by atoms with van der Waals surface area (Å²) in [7, 11) is 0. The minimum absolute atomic E-state index is 0.161. The average molecular weight is 230 g/mol. The molecule has 0 bridgehead atoms. The van der Waals surface area contributed by atoms with Crippen molar-refractivity contribution in [2.45, 2.75) is 12.5 Å². The number of hydrogen-bond acceptors (Lipinski definition) is 4. The molecule has 0 aliphatic rings. The lowest BCUT2D eigenvalue weighted by molar-refractivity contribution is -0.121.